The summed E-state index contributed by atoms with van der Waals surface area (Å²) >= 11 is 0. The van der Waals surface area contributed by atoms with Crippen LogP contribution in [0.15, 0.2) is 12.2 Å². The van der Waals surface area contributed by atoms with Crippen LogP contribution in [0.2, 0.25) is 0 Å². The summed E-state index contributed by atoms with van der Waals surface area (Å²) in [7, 11) is 0. The van der Waals surface area contributed by atoms with Gasteiger partial charge in [-0.25, -0.2) is 0 Å². The Balaban J connectivity index is 3.68. The van der Waals surface area contributed by atoms with Crippen molar-refractivity contribution in [3.05, 3.63) is 12.2 Å². The van der Waals surface area contributed by atoms with E-state index < -0.39 is 0 Å². The SMILES string of the molecule is C=C(C)COCCOC(=O)C(C)CC(C)(C)C. The highest BCUT2D eigenvalue weighted by Gasteiger charge is 2.21. The lowest BCUT2D eigenvalue weighted by molar-refractivity contribution is -0.150. The molecule has 0 aliphatic rings. The van der Waals surface area contributed by atoms with E-state index in [-0.39, 0.29) is 17.3 Å². The second-order valence-electron chi connectivity index (χ2n) is 5.84. The second-order valence-corrected chi connectivity index (χ2v) is 5.84. The van der Waals surface area contributed by atoms with Gasteiger partial charge in [-0.15, -0.1) is 0 Å². The van der Waals surface area contributed by atoms with Gasteiger partial charge in [0.15, 0.2) is 0 Å². The van der Waals surface area contributed by atoms with Crippen LogP contribution in [-0.4, -0.2) is 25.8 Å². The van der Waals surface area contributed by atoms with Gasteiger partial charge in [0, 0.05) is 0 Å². The van der Waals surface area contributed by atoms with Crippen LogP contribution >= 0.6 is 0 Å². The van der Waals surface area contributed by atoms with Crippen LogP contribution < -0.4 is 0 Å². The fraction of sp³-hybridized carbons (Fsp3) is 0.786. The van der Waals surface area contributed by atoms with Crippen molar-refractivity contribution in [2.75, 3.05) is 19.8 Å². The number of hydrogen-bond acceptors (Lipinski definition) is 3. The molecule has 3 nitrogen and oxygen atoms in total. The van der Waals surface area contributed by atoms with Gasteiger partial charge >= 0.3 is 5.97 Å². The number of rotatable bonds is 7. The molecule has 0 heterocycles. The van der Waals surface area contributed by atoms with Crippen molar-refractivity contribution in [2.45, 2.75) is 41.0 Å². The van der Waals surface area contributed by atoms with Gasteiger partial charge in [-0.2, -0.15) is 0 Å². The van der Waals surface area contributed by atoms with Crippen LogP contribution in [0.4, 0.5) is 0 Å². The van der Waals surface area contributed by atoms with Crippen LogP contribution in [-0.2, 0) is 14.3 Å². The van der Waals surface area contributed by atoms with E-state index in [1.165, 1.54) is 0 Å². The Morgan fingerprint density at radius 3 is 2.35 bits per heavy atom. The fourth-order valence-corrected chi connectivity index (χ4v) is 1.59. The Morgan fingerprint density at radius 1 is 1.29 bits per heavy atom. The van der Waals surface area contributed by atoms with Crippen molar-refractivity contribution in [2.24, 2.45) is 11.3 Å². The van der Waals surface area contributed by atoms with Gasteiger partial charge in [-0.1, -0.05) is 39.8 Å². The molecule has 0 amide bonds. The molecule has 0 aliphatic carbocycles. The van der Waals surface area contributed by atoms with Gasteiger partial charge in [0.05, 0.1) is 19.1 Å². The number of hydrogen-bond donors (Lipinski definition) is 0. The Morgan fingerprint density at radius 2 is 1.88 bits per heavy atom. The van der Waals surface area contributed by atoms with Crippen molar-refractivity contribution in [1.29, 1.82) is 0 Å². The quantitative estimate of drug-likeness (QED) is 0.391. The van der Waals surface area contributed by atoms with Crippen LogP contribution in [0.25, 0.3) is 0 Å². The summed E-state index contributed by atoms with van der Waals surface area (Å²) in [4.78, 5) is 11.6. The smallest absolute Gasteiger partial charge is 0.308 e. The van der Waals surface area contributed by atoms with Gasteiger partial charge in [0.25, 0.3) is 0 Å². The first kappa shape index (κ1) is 16.2. The van der Waals surface area contributed by atoms with Gasteiger partial charge in [0.2, 0.25) is 0 Å². The molecular formula is C14H26O3. The lowest BCUT2D eigenvalue weighted by Crippen LogP contribution is -2.22. The molecule has 0 aromatic carbocycles. The minimum Gasteiger partial charge on any atom is -0.463 e. The summed E-state index contributed by atoms with van der Waals surface area (Å²) in [5, 5.41) is 0. The summed E-state index contributed by atoms with van der Waals surface area (Å²) in [6, 6.07) is 0. The fourth-order valence-electron chi connectivity index (χ4n) is 1.59. The van der Waals surface area contributed by atoms with Gasteiger partial charge in [-0.3, -0.25) is 4.79 Å². The van der Waals surface area contributed by atoms with E-state index in [0.29, 0.717) is 19.8 Å². The monoisotopic (exact) mass is 242 g/mol. The minimum absolute atomic E-state index is 0.0591. The van der Waals surface area contributed by atoms with E-state index in [1.807, 2.05) is 13.8 Å². The van der Waals surface area contributed by atoms with E-state index >= 15 is 0 Å². The van der Waals surface area contributed by atoms with Crippen molar-refractivity contribution >= 4 is 5.97 Å². The van der Waals surface area contributed by atoms with Crippen molar-refractivity contribution < 1.29 is 14.3 Å². The van der Waals surface area contributed by atoms with Gasteiger partial charge in [-0.05, 0) is 18.8 Å². The molecule has 1 atom stereocenters. The van der Waals surface area contributed by atoms with E-state index in [1.54, 1.807) is 0 Å². The Bertz CT molecular complexity index is 251. The molecule has 0 radical (unpaired) electrons. The van der Waals surface area contributed by atoms with Gasteiger partial charge < -0.3 is 9.47 Å². The molecule has 1 unspecified atom stereocenters. The molecule has 0 N–H and O–H groups in total. The molecule has 17 heavy (non-hydrogen) atoms. The number of carbonyl (C=O) groups excluding carboxylic acids is 1. The minimum atomic E-state index is -0.140. The molecule has 0 fully saturated rings. The third kappa shape index (κ3) is 10.1. The molecule has 3 heteroatoms. The molecular weight excluding hydrogens is 216 g/mol. The highest BCUT2D eigenvalue weighted by Crippen LogP contribution is 2.24. The molecule has 100 valence electrons. The van der Waals surface area contributed by atoms with Crippen molar-refractivity contribution in [1.82, 2.24) is 0 Å². The van der Waals surface area contributed by atoms with Crippen molar-refractivity contribution in [3.63, 3.8) is 0 Å². The third-order valence-corrected chi connectivity index (χ3v) is 2.14. The maximum Gasteiger partial charge on any atom is 0.308 e. The normalized spacial score (nSPS) is 13.2. The molecule has 0 aromatic rings. The third-order valence-electron chi connectivity index (χ3n) is 2.14. The topological polar surface area (TPSA) is 35.5 Å². The standard InChI is InChI=1S/C14H26O3/c1-11(2)10-16-7-8-17-13(15)12(3)9-14(4,5)6/h12H,1,7-10H2,2-6H3. The largest absolute Gasteiger partial charge is 0.463 e. The first-order valence-electron chi connectivity index (χ1n) is 6.11. The van der Waals surface area contributed by atoms with Crippen LogP contribution in [0, 0.1) is 11.3 Å². The summed E-state index contributed by atoms with van der Waals surface area (Å²) in [6.45, 7) is 15.2. The second kappa shape index (κ2) is 7.49. The first-order valence-corrected chi connectivity index (χ1v) is 6.11. The van der Waals surface area contributed by atoms with Crippen LogP contribution in [0.5, 0.6) is 0 Å². The molecule has 0 rings (SSSR count). The number of esters is 1. The number of carbonyl (C=O) groups is 1. The van der Waals surface area contributed by atoms with E-state index in [4.69, 9.17) is 9.47 Å². The molecule has 0 aliphatic heterocycles. The molecule has 0 saturated heterocycles. The zero-order valence-corrected chi connectivity index (χ0v) is 11.8. The Kier molecular flexibility index (Phi) is 7.12. The maximum absolute atomic E-state index is 11.6. The summed E-state index contributed by atoms with van der Waals surface area (Å²) in [5.74, 6) is -0.199. The predicted octanol–water partition coefficient (Wildman–Crippen LogP) is 3.19. The lowest BCUT2D eigenvalue weighted by atomic mass is 9.85. The number of ether oxygens (including phenoxy) is 2. The van der Waals surface area contributed by atoms with Crippen molar-refractivity contribution in [3.8, 4) is 0 Å². The lowest BCUT2D eigenvalue weighted by Gasteiger charge is -2.22. The molecule has 0 spiro atoms. The molecule has 0 aromatic heterocycles. The van der Waals surface area contributed by atoms with E-state index in [0.717, 1.165) is 12.0 Å². The molecule has 0 saturated carbocycles. The highest BCUT2D eigenvalue weighted by molar-refractivity contribution is 5.72. The van der Waals surface area contributed by atoms with E-state index in [2.05, 4.69) is 27.4 Å². The average Bonchev–Trinajstić information content (AvgIpc) is 2.13. The Hall–Kier alpha value is -0.830. The summed E-state index contributed by atoms with van der Waals surface area (Å²) in [5.41, 5.74) is 1.12. The van der Waals surface area contributed by atoms with Gasteiger partial charge in [0.1, 0.15) is 6.61 Å². The average molecular weight is 242 g/mol. The first-order chi connectivity index (χ1) is 7.72. The highest BCUT2D eigenvalue weighted by atomic mass is 16.6. The zero-order valence-electron chi connectivity index (χ0n) is 11.8. The van der Waals surface area contributed by atoms with E-state index in [9.17, 15) is 4.79 Å². The summed E-state index contributed by atoms with van der Waals surface area (Å²) in [6.07, 6.45) is 0.832. The Labute approximate surface area is 105 Å². The van der Waals surface area contributed by atoms with Crippen LogP contribution in [0.1, 0.15) is 41.0 Å². The zero-order chi connectivity index (χ0) is 13.5. The predicted molar refractivity (Wildman–Crippen MR) is 69.8 cm³/mol. The molecule has 0 bridgehead atoms. The van der Waals surface area contributed by atoms with Crippen LogP contribution in [0.3, 0.4) is 0 Å². The maximum atomic E-state index is 11.6. The summed E-state index contributed by atoms with van der Waals surface area (Å²) < 4.78 is 10.4.